The van der Waals surface area contributed by atoms with Crippen molar-refractivity contribution < 1.29 is 4.79 Å². The normalized spacial score (nSPS) is 20.3. The van der Waals surface area contributed by atoms with Gasteiger partial charge in [-0.05, 0) is 6.42 Å². The van der Waals surface area contributed by atoms with Crippen LogP contribution in [-0.2, 0) is 4.79 Å². The van der Waals surface area contributed by atoms with Crippen molar-refractivity contribution in [3.05, 3.63) is 20.8 Å². The van der Waals surface area contributed by atoms with Gasteiger partial charge >= 0.3 is 5.69 Å². The van der Waals surface area contributed by atoms with Gasteiger partial charge in [-0.2, -0.15) is 10.2 Å². The maximum atomic E-state index is 12.1. The highest BCUT2D eigenvalue weighted by atomic mass is 16.2. The number of aromatic amines is 2. The van der Waals surface area contributed by atoms with Crippen LogP contribution in [0.15, 0.2) is 19.8 Å². The molecule has 1 atom stereocenters. The first-order valence-corrected chi connectivity index (χ1v) is 8.12. The second-order valence-electron chi connectivity index (χ2n) is 6.22. The average molecular weight is 345 g/mol. The number of hydrogen-bond donors (Lipinski definition) is 3. The molecule has 0 aliphatic carbocycles. The van der Waals surface area contributed by atoms with Crippen LogP contribution in [0.5, 0.6) is 0 Å². The molecule has 10 heteroatoms. The quantitative estimate of drug-likeness (QED) is 0.573. The molecule has 0 saturated carbocycles. The Morgan fingerprint density at radius 3 is 2.88 bits per heavy atom. The molecule has 0 aromatic carbocycles. The van der Waals surface area contributed by atoms with E-state index in [0.717, 1.165) is 0 Å². The van der Waals surface area contributed by atoms with Crippen LogP contribution in [0.1, 0.15) is 32.1 Å². The summed E-state index contributed by atoms with van der Waals surface area (Å²) in [4.78, 5) is 38.8. The summed E-state index contributed by atoms with van der Waals surface area (Å²) in [5.41, 5.74) is -1.64. The van der Waals surface area contributed by atoms with Gasteiger partial charge in [-0.25, -0.2) is 9.89 Å². The highest BCUT2D eigenvalue weighted by Gasteiger charge is 2.39. The van der Waals surface area contributed by atoms with Crippen molar-refractivity contribution in [1.82, 2.24) is 20.5 Å². The van der Waals surface area contributed by atoms with Gasteiger partial charge in [0.15, 0.2) is 5.66 Å². The molecule has 0 spiro atoms. The zero-order chi connectivity index (χ0) is 17.9. The van der Waals surface area contributed by atoms with E-state index in [1.54, 1.807) is 4.90 Å². The van der Waals surface area contributed by atoms with E-state index in [1.807, 2.05) is 0 Å². The zero-order valence-electron chi connectivity index (χ0n) is 13.6. The molecule has 2 aliphatic rings. The minimum absolute atomic E-state index is 0.0737. The van der Waals surface area contributed by atoms with Gasteiger partial charge in [0, 0.05) is 44.8 Å². The van der Waals surface area contributed by atoms with Gasteiger partial charge in [0.1, 0.15) is 0 Å². The summed E-state index contributed by atoms with van der Waals surface area (Å²) < 4.78 is 0. The maximum absolute atomic E-state index is 12.1. The lowest BCUT2D eigenvalue weighted by Crippen LogP contribution is -2.39. The summed E-state index contributed by atoms with van der Waals surface area (Å²) in [6, 6.07) is -0.0737. The van der Waals surface area contributed by atoms with E-state index >= 15 is 0 Å². The Morgan fingerprint density at radius 1 is 1.40 bits per heavy atom. The van der Waals surface area contributed by atoms with Crippen LogP contribution in [0, 0.1) is 12.3 Å². The lowest BCUT2D eigenvalue weighted by atomic mass is 10.0. The summed E-state index contributed by atoms with van der Waals surface area (Å²) in [6.07, 6.45) is 8.08. The van der Waals surface area contributed by atoms with Crippen molar-refractivity contribution in [2.75, 3.05) is 18.0 Å². The van der Waals surface area contributed by atoms with E-state index in [1.165, 1.54) is 0 Å². The number of anilines is 1. The molecule has 1 unspecified atom stereocenters. The summed E-state index contributed by atoms with van der Waals surface area (Å²) >= 11 is 0. The second kappa shape index (κ2) is 6.88. The molecule has 0 radical (unpaired) electrons. The van der Waals surface area contributed by atoms with Gasteiger partial charge in [0.25, 0.3) is 5.56 Å². The SMILES string of the molecule is C#CCCC1(CCC(=O)NC2CCN(c3n[nH]c(=O)[nH]c3=O)C2)N=N1. The second-order valence-corrected chi connectivity index (χ2v) is 6.22. The minimum atomic E-state index is -0.646. The van der Waals surface area contributed by atoms with Gasteiger partial charge in [-0.15, -0.1) is 17.4 Å². The Morgan fingerprint density at radius 2 is 2.20 bits per heavy atom. The number of H-pyrrole nitrogens is 2. The maximum Gasteiger partial charge on any atom is 0.342 e. The highest BCUT2D eigenvalue weighted by molar-refractivity contribution is 5.76. The number of carbonyl (C=O) groups is 1. The van der Waals surface area contributed by atoms with Crippen LogP contribution >= 0.6 is 0 Å². The standard InChI is InChI=1S/C15H19N7O3/c1-2-3-6-15(20-21-15)7-4-11(23)16-10-5-8-22(9-10)12-13(24)17-14(25)19-18-12/h1,10H,3-9H2,(H,16,23)(H2,17,19,24,25). The van der Waals surface area contributed by atoms with Crippen LogP contribution in [0.25, 0.3) is 0 Å². The van der Waals surface area contributed by atoms with Crippen molar-refractivity contribution >= 4 is 11.7 Å². The Hall–Kier alpha value is -2.96. The lowest BCUT2D eigenvalue weighted by Gasteiger charge is -2.16. The Kier molecular flexibility index (Phi) is 4.65. The zero-order valence-corrected chi connectivity index (χ0v) is 13.6. The Bertz CT molecular complexity index is 829. The smallest absolute Gasteiger partial charge is 0.342 e. The molecule has 1 aromatic rings. The summed E-state index contributed by atoms with van der Waals surface area (Å²) in [6.45, 7) is 1.04. The number of aromatic nitrogens is 3. The molecule has 1 aromatic heterocycles. The molecule has 0 bridgehead atoms. The third-order valence-electron chi connectivity index (χ3n) is 4.35. The molecule has 3 N–H and O–H groups in total. The number of amides is 1. The number of hydrogen-bond acceptors (Lipinski definition) is 7. The van der Waals surface area contributed by atoms with Gasteiger partial charge < -0.3 is 10.2 Å². The predicted octanol–water partition coefficient (Wildman–Crippen LogP) is -0.491. The first-order chi connectivity index (χ1) is 12.0. The Labute approximate surface area is 143 Å². The minimum Gasteiger partial charge on any atom is -0.352 e. The third kappa shape index (κ3) is 4.12. The first kappa shape index (κ1) is 16.9. The van der Waals surface area contributed by atoms with E-state index < -0.39 is 16.9 Å². The van der Waals surface area contributed by atoms with Crippen LogP contribution < -0.4 is 21.5 Å². The Balaban J connectivity index is 1.47. The third-order valence-corrected chi connectivity index (χ3v) is 4.35. The van der Waals surface area contributed by atoms with Crippen molar-refractivity contribution in [3.63, 3.8) is 0 Å². The van der Waals surface area contributed by atoms with Crippen LogP contribution in [0.4, 0.5) is 5.82 Å². The fourth-order valence-electron chi connectivity index (χ4n) is 2.91. The molecule has 2 aliphatic heterocycles. The van der Waals surface area contributed by atoms with Gasteiger partial charge in [-0.1, -0.05) is 0 Å². The van der Waals surface area contributed by atoms with E-state index in [0.29, 0.717) is 45.2 Å². The molecule has 3 heterocycles. The van der Waals surface area contributed by atoms with E-state index in [9.17, 15) is 14.4 Å². The van der Waals surface area contributed by atoms with E-state index in [-0.39, 0.29) is 17.8 Å². The van der Waals surface area contributed by atoms with Crippen molar-refractivity contribution in [1.29, 1.82) is 0 Å². The highest BCUT2D eigenvalue weighted by Crippen LogP contribution is 2.37. The number of rotatable bonds is 7. The van der Waals surface area contributed by atoms with E-state index in [2.05, 4.69) is 36.6 Å². The van der Waals surface area contributed by atoms with Crippen LogP contribution in [-0.4, -0.2) is 45.9 Å². The number of carbonyl (C=O) groups excluding carboxylic acids is 1. The summed E-state index contributed by atoms with van der Waals surface area (Å²) in [5, 5.41) is 16.9. The molecule has 3 rings (SSSR count). The molecule has 25 heavy (non-hydrogen) atoms. The number of nitrogens with one attached hydrogen (secondary N) is 3. The molecule has 1 amide bonds. The fourth-order valence-corrected chi connectivity index (χ4v) is 2.91. The van der Waals surface area contributed by atoms with E-state index in [4.69, 9.17) is 6.42 Å². The van der Waals surface area contributed by atoms with Crippen molar-refractivity contribution in [2.45, 2.75) is 43.8 Å². The average Bonchev–Trinajstić information content (AvgIpc) is 3.21. The molecule has 10 nitrogen and oxygen atoms in total. The fraction of sp³-hybridized carbons (Fsp3) is 0.600. The number of terminal acetylenes is 1. The van der Waals surface area contributed by atoms with Crippen molar-refractivity contribution in [2.24, 2.45) is 10.2 Å². The largest absolute Gasteiger partial charge is 0.352 e. The number of nitrogens with zero attached hydrogens (tertiary/aromatic N) is 4. The van der Waals surface area contributed by atoms with Gasteiger partial charge in [0.05, 0.1) is 0 Å². The lowest BCUT2D eigenvalue weighted by molar-refractivity contribution is -0.121. The monoisotopic (exact) mass is 345 g/mol. The topological polar surface area (TPSA) is 136 Å². The molecule has 1 fully saturated rings. The molecular weight excluding hydrogens is 326 g/mol. The van der Waals surface area contributed by atoms with Gasteiger partial charge in [0.2, 0.25) is 11.7 Å². The van der Waals surface area contributed by atoms with Crippen LogP contribution in [0.3, 0.4) is 0 Å². The summed E-state index contributed by atoms with van der Waals surface area (Å²) in [5.74, 6) is 2.63. The van der Waals surface area contributed by atoms with Gasteiger partial charge in [-0.3, -0.25) is 14.6 Å². The molecule has 1 saturated heterocycles. The predicted molar refractivity (Wildman–Crippen MR) is 89.1 cm³/mol. The first-order valence-electron chi connectivity index (χ1n) is 8.12. The molecular formula is C15H19N7O3. The van der Waals surface area contributed by atoms with Crippen molar-refractivity contribution in [3.8, 4) is 12.3 Å². The van der Waals surface area contributed by atoms with Crippen LogP contribution in [0.2, 0.25) is 0 Å². The summed E-state index contributed by atoms with van der Waals surface area (Å²) in [7, 11) is 0. The molecule has 132 valence electrons.